The Morgan fingerprint density at radius 2 is 2.06 bits per heavy atom. The average Bonchev–Trinajstić information content (AvgIpc) is 2.27. The van der Waals surface area contributed by atoms with Crippen molar-refractivity contribution >= 4 is 16.9 Å². The van der Waals surface area contributed by atoms with Gasteiger partial charge in [-0.3, -0.25) is 4.99 Å². The standard InChI is InChI=1S/C13H24N2S/c1-13(2)8-9-16-12(15-13)14-10-11-6-4-3-5-7-11/h11H,3-10H2,1-2H3,(H,14,15). The number of thioether (sulfide) groups is 1. The molecule has 2 fully saturated rings. The number of nitrogens with one attached hydrogen (secondary N) is 1. The Balaban J connectivity index is 1.81. The zero-order valence-electron chi connectivity index (χ0n) is 10.6. The summed E-state index contributed by atoms with van der Waals surface area (Å²) in [5.41, 5.74) is 0.247. The van der Waals surface area contributed by atoms with Crippen molar-refractivity contribution in [3.63, 3.8) is 0 Å². The molecule has 1 saturated heterocycles. The van der Waals surface area contributed by atoms with Crippen LogP contribution in [0.1, 0.15) is 52.4 Å². The molecular weight excluding hydrogens is 216 g/mol. The lowest BCUT2D eigenvalue weighted by atomic mass is 9.89. The Hall–Kier alpha value is -0.180. The van der Waals surface area contributed by atoms with E-state index in [4.69, 9.17) is 4.99 Å². The third kappa shape index (κ3) is 3.69. The maximum Gasteiger partial charge on any atom is 0.156 e. The van der Waals surface area contributed by atoms with Gasteiger partial charge in [-0.15, -0.1) is 0 Å². The largest absolute Gasteiger partial charge is 0.360 e. The van der Waals surface area contributed by atoms with Gasteiger partial charge in [-0.2, -0.15) is 0 Å². The third-order valence-electron chi connectivity index (χ3n) is 3.63. The minimum absolute atomic E-state index is 0.247. The fourth-order valence-electron chi connectivity index (χ4n) is 2.46. The first kappa shape index (κ1) is 12.3. The number of aliphatic imine (C=N–C) groups is 1. The summed E-state index contributed by atoms with van der Waals surface area (Å²) in [6.45, 7) is 5.58. The molecule has 1 aliphatic carbocycles. The number of hydrogen-bond acceptors (Lipinski definition) is 2. The van der Waals surface area contributed by atoms with Gasteiger partial charge in [-0.05, 0) is 39.0 Å². The van der Waals surface area contributed by atoms with Gasteiger partial charge in [0.2, 0.25) is 0 Å². The molecule has 0 bridgehead atoms. The van der Waals surface area contributed by atoms with Crippen molar-refractivity contribution in [1.29, 1.82) is 0 Å². The van der Waals surface area contributed by atoms with Gasteiger partial charge in [-0.25, -0.2) is 0 Å². The second-order valence-corrected chi connectivity index (χ2v) is 6.84. The molecule has 0 unspecified atom stereocenters. The summed E-state index contributed by atoms with van der Waals surface area (Å²) in [5, 5.41) is 4.73. The highest BCUT2D eigenvalue weighted by atomic mass is 32.2. The van der Waals surface area contributed by atoms with Crippen LogP contribution in [0.3, 0.4) is 0 Å². The van der Waals surface area contributed by atoms with Gasteiger partial charge in [0.1, 0.15) is 0 Å². The quantitative estimate of drug-likeness (QED) is 0.799. The molecule has 2 rings (SSSR count). The minimum Gasteiger partial charge on any atom is -0.360 e. The molecule has 0 aromatic rings. The van der Waals surface area contributed by atoms with Gasteiger partial charge in [0.15, 0.2) is 5.17 Å². The molecule has 0 amide bonds. The normalized spacial score (nSPS) is 29.0. The van der Waals surface area contributed by atoms with Gasteiger partial charge in [0.25, 0.3) is 0 Å². The fraction of sp³-hybridized carbons (Fsp3) is 0.923. The summed E-state index contributed by atoms with van der Waals surface area (Å²) in [7, 11) is 0. The molecule has 0 aromatic carbocycles. The van der Waals surface area contributed by atoms with E-state index in [0.717, 1.165) is 12.5 Å². The van der Waals surface area contributed by atoms with Crippen molar-refractivity contribution in [1.82, 2.24) is 5.32 Å². The number of amidine groups is 1. The molecule has 1 N–H and O–H groups in total. The number of nitrogens with zero attached hydrogens (tertiary/aromatic N) is 1. The predicted molar refractivity (Wildman–Crippen MR) is 73.2 cm³/mol. The highest BCUT2D eigenvalue weighted by molar-refractivity contribution is 8.13. The van der Waals surface area contributed by atoms with Crippen LogP contribution in [0.5, 0.6) is 0 Å². The molecule has 0 radical (unpaired) electrons. The van der Waals surface area contributed by atoms with E-state index in [0.29, 0.717) is 0 Å². The van der Waals surface area contributed by atoms with Crippen LogP contribution in [0.25, 0.3) is 0 Å². The fourth-order valence-corrected chi connectivity index (χ4v) is 3.78. The van der Waals surface area contributed by atoms with Crippen molar-refractivity contribution in [2.75, 3.05) is 12.3 Å². The molecule has 1 aliphatic heterocycles. The van der Waals surface area contributed by atoms with E-state index >= 15 is 0 Å². The highest BCUT2D eigenvalue weighted by Crippen LogP contribution is 2.25. The van der Waals surface area contributed by atoms with Crippen molar-refractivity contribution in [2.45, 2.75) is 57.9 Å². The van der Waals surface area contributed by atoms with E-state index in [1.54, 1.807) is 0 Å². The van der Waals surface area contributed by atoms with E-state index in [9.17, 15) is 0 Å². The Labute approximate surface area is 104 Å². The smallest absolute Gasteiger partial charge is 0.156 e. The van der Waals surface area contributed by atoms with Crippen LogP contribution < -0.4 is 5.32 Å². The van der Waals surface area contributed by atoms with E-state index in [1.165, 1.54) is 49.4 Å². The SMILES string of the molecule is CC1(C)CCSC(=NCC2CCCCC2)N1. The topological polar surface area (TPSA) is 24.4 Å². The lowest BCUT2D eigenvalue weighted by Crippen LogP contribution is -2.46. The summed E-state index contributed by atoms with van der Waals surface area (Å²) in [5.74, 6) is 2.07. The molecule has 1 heterocycles. The summed E-state index contributed by atoms with van der Waals surface area (Å²) < 4.78 is 0. The summed E-state index contributed by atoms with van der Waals surface area (Å²) >= 11 is 1.89. The van der Waals surface area contributed by atoms with Gasteiger partial charge in [0, 0.05) is 17.8 Å². The van der Waals surface area contributed by atoms with Gasteiger partial charge >= 0.3 is 0 Å². The van der Waals surface area contributed by atoms with Gasteiger partial charge in [0.05, 0.1) is 0 Å². The van der Waals surface area contributed by atoms with Crippen LogP contribution in [0, 0.1) is 5.92 Å². The lowest BCUT2D eigenvalue weighted by Gasteiger charge is -2.32. The summed E-state index contributed by atoms with van der Waals surface area (Å²) in [6, 6.07) is 0. The molecule has 2 aliphatic rings. The van der Waals surface area contributed by atoms with Crippen molar-refractivity contribution in [3.05, 3.63) is 0 Å². The minimum atomic E-state index is 0.247. The molecule has 16 heavy (non-hydrogen) atoms. The molecule has 92 valence electrons. The molecule has 0 spiro atoms. The average molecular weight is 240 g/mol. The van der Waals surface area contributed by atoms with E-state index in [2.05, 4.69) is 19.2 Å². The maximum absolute atomic E-state index is 4.77. The van der Waals surface area contributed by atoms with E-state index < -0.39 is 0 Å². The van der Waals surface area contributed by atoms with E-state index in [1.807, 2.05) is 11.8 Å². The molecule has 0 aromatic heterocycles. The number of rotatable bonds is 2. The molecule has 2 nitrogen and oxygen atoms in total. The second-order valence-electron chi connectivity index (χ2n) is 5.76. The molecule has 1 saturated carbocycles. The second kappa shape index (κ2) is 5.44. The predicted octanol–water partition coefficient (Wildman–Crippen LogP) is 3.43. The van der Waals surface area contributed by atoms with E-state index in [-0.39, 0.29) is 5.54 Å². The summed E-state index contributed by atoms with van der Waals surface area (Å²) in [6.07, 6.45) is 8.30. The Bertz CT molecular complexity index is 255. The molecule has 0 atom stereocenters. The maximum atomic E-state index is 4.77. The molecule has 3 heteroatoms. The van der Waals surface area contributed by atoms with Crippen LogP contribution in [0.2, 0.25) is 0 Å². The number of hydrogen-bond donors (Lipinski definition) is 1. The van der Waals surface area contributed by atoms with Crippen LogP contribution >= 0.6 is 11.8 Å². The Kier molecular flexibility index (Phi) is 4.17. The first-order valence-corrected chi connectivity index (χ1v) is 7.60. The Morgan fingerprint density at radius 1 is 1.31 bits per heavy atom. The monoisotopic (exact) mass is 240 g/mol. The summed E-state index contributed by atoms with van der Waals surface area (Å²) in [4.78, 5) is 4.77. The third-order valence-corrected chi connectivity index (χ3v) is 4.54. The first-order valence-electron chi connectivity index (χ1n) is 6.61. The van der Waals surface area contributed by atoms with Crippen LogP contribution in [0.4, 0.5) is 0 Å². The first-order chi connectivity index (χ1) is 7.66. The zero-order valence-corrected chi connectivity index (χ0v) is 11.4. The van der Waals surface area contributed by atoms with Crippen molar-refractivity contribution in [2.24, 2.45) is 10.9 Å². The van der Waals surface area contributed by atoms with Crippen LogP contribution in [-0.2, 0) is 0 Å². The zero-order chi connectivity index (χ0) is 11.4. The van der Waals surface area contributed by atoms with Crippen LogP contribution in [0.15, 0.2) is 4.99 Å². The van der Waals surface area contributed by atoms with Crippen molar-refractivity contribution < 1.29 is 0 Å². The van der Waals surface area contributed by atoms with Crippen LogP contribution in [-0.4, -0.2) is 23.0 Å². The lowest BCUT2D eigenvalue weighted by molar-refractivity contribution is 0.366. The van der Waals surface area contributed by atoms with Gasteiger partial charge < -0.3 is 5.32 Å². The van der Waals surface area contributed by atoms with Crippen molar-refractivity contribution in [3.8, 4) is 0 Å². The Morgan fingerprint density at radius 3 is 2.75 bits per heavy atom. The van der Waals surface area contributed by atoms with Gasteiger partial charge in [-0.1, -0.05) is 31.0 Å². The highest BCUT2D eigenvalue weighted by Gasteiger charge is 2.24. The molecular formula is C13H24N2S.